The largest absolute Gasteiger partial charge is 0.390 e. The number of amides is 1. The molecule has 1 aromatic carbocycles. The van der Waals surface area contributed by atoms with Gasteiger partial charge in [-0.3, -0.25) is 4.79 Å². The number of aliphatic hydroxyl groups excluding tert-OH is 1. The fourth-order valence-corrected chi connectivity index (χ4v) is 4.07. The number of rotatable bonds is 6. The molecule has 5 nitrogen and oxygen atoms in total. The van der Waals surface area contributed by atoms with Crippen molar-refractivity contribution >= 4 is 5.91 Å². The highest BCUT2D eigenvalue weighted by Gasteiger charge is 2.36. The third-order valence-corrected chi connectivity index (χ3v) is 6.00. The summed E-state index contributed by atoms with van der Waals surface area (Å²) in [5.74, 6) is 0.715. The minimum absolute atomic E-state index is 0.0619. The highest BCUT2D eigenvalue weighted by Crippen LogP contribution is 2.25. The van der Waals surface area contributed by atoms with Gasteiger partial charge in [0, 0.05) is 20.1 Å². The summed E-state index contributed by atoms with van der Waals surface area (Å²) in [5.41, 5.74) is 1.08. The second kappa shape index (κ2) is 9.67. The first-order chi connectivity index (χ1) is 13.0. The quantitative estimate of drug-likeness (QED) is 0.832. The maximum atomic E-state index is 12.8. The molecule has 0 spiro atoms. The van der Waals surface area contributed by atoms with Gasteiger partial charge >= 0.3 is 0 Å². The summed E-state index contributed by atoms with van der Waals surface area (Å²) in [6.07, 6.45) is 3.57. The predicted molar refractivity (Wildman–Crippen MR) is 106 cm³/mol. The van der Waals surface area contributed by atoms with Gasteiger partial charge in [0.2, 0.25) is 0 Å². The van der Waals surface area contributed by atoms with E-state index in [-0.39, 0.29) is 12.0 Å². The summed E-state index contributed by atoms with van der Waals surface area (Å²) in [5, 5.41) is 10.3. The normalized spacial score (nSPS) is 27.4. The Hall–Kier alpha value is -1.43. The molecule has 0 bridgehead atoms. The number of carbonyl (C=O) groups excluding carboxylic acids is 1. The highest BCUT2D eigenvalue weighted by atomic mass is 16.5. The van der Waals surface area contributed by atoms with Crippen LogP contribution < -0.4 is 0 Å². The summed E-state index contributed by atoms with van der Waals surface area (Å²) < 4.78 is 6.06. The van der Waals surface area contributed by atoms with Crippen LogP contribution in [0.1, 0.15) is 44.6 Å². The van der Waals surface area contributed by atoms with Gasteiger partial charge in [0.25, 0.3) is 5.91 Å². The van der Waals surface area contributed by atoms with Crippen LogP contribution >= 0.6 is 0 Å². The molecule has 0 unspecified atom stereocenters. The molecule has 0 aliphatic carbocycles. The van der Waals surface area contributed by atoms with Crippen molar-refractivity contribution in [3.05, 3.63) is 35.9 Å². The van der Waals surface area contributed by atoms with E-state index in [0.29, 0.717) is 13.0 Å². The Bertz CT molecular complexity index is 586. The van der Waals surface area contributed by atoms with Gasteiger partial charge < -0.3 is 19.6 Å². The molecular formula is C22H34N2O3. The molecule has 2 aliphatic rings. The van der Waals surface area contributed by atoms with E-state index in [0.717, 1.165) is 30.9 Å². The molecule has 27 heavy (non-hydrogen) atoms. The van der Waals surface area contributed by atoms with Crippen LogP contribution in [0.25, 0.3) is 0 Å². The molecule has 0 saturated carbocycles. The van der Waals surface area contributed by atoms with E-state index in [9.17, 15) is 9.90 Å². The Balaban J connectivity index is 1.49. The van der Waals surface area contributed by atoms with E-state index in [4.69, 9.17) is 4.74 Å². The van der Waals surface area contributed by atoms with Crippen molar-refractivity contribution in [3.63, 3.8) is 0 Å². The number of carbonyl (C=O) groups is 1. The predicted octanol–water partition coefficient (Wildman–Crippen LogP) is 2.68. The Morgan fingerprint density at radius 3 is 2.59 bits per heavy atom. The third kappa shape index (κ3) is 5.77. The molecule has 2 aliphatic heterocycles. The molecule has 0 aromatic heterocycles. The zero-order valence-electron chi connectivity index (χ0n) is 16.7. The molecule has 1 amide bonds. The van der Waals surface area contributed by atoms with Gasteiger partial charge in [0.15, 0.2) is 6.10 Å². The Kier molecular flexibility index (Phi) is 7.27. The molecule has 2 fully saturated rings. The number of hydrogen-bond donors (Lipinski definition) is 1. The van der Waals surface area contributed by atoms with Crippen LogP contribution in [0.5, 0.6) is 0 Å². The fraction of sp³-hybridized carbons (Fsp3) is 0.682. The van der Waals surface area contributed by atoms with Crippen molar-refractivity contribution < 1.29 is 14.6 Å². The first kappa shape index (κ1) is 20.3. The standard InChI is InChI=1S/C22H34N2O3/c1-17-10-13-24(14-11-17)15-12-19-8-9-20(25)21(27-19)22(26)23(2)16-18-6-4-3-5-7-18/h3-7,17,19-21,25H,8-16H2,1-2H3/t19-,20+,21+/m1/s1. The average Bonchev–Trinajstić information content (AvgIpc) is 2.69. The van der Waals surface area contributed by atoms with E-state index in [2.05, 4.69) is 11.8 Å². The Morgan fingerprint density at radius 2 is 1.89 bits per heavy atom. The number of aliphatic hydroxyl groups is 1. The Morgan fingerprint density at radius 1 is 1.19 bits per heavy atom. The lowest BCUT2D eigenvalue weighted by Crippen LogP contribution is -2.49. The molecule has 150 valence electrons. The molecule has 1 N–H and O–H groups in total. The summed E-state index contributed by atoms with van der Waals surface area (Å²) in [4.78, 5) is 17.0. The van der Waals surface area contributed by atoms with Crippen molar-refractivity contribution in [2.24, 2.45) is 5.92 Å². The maximum Gasteiger partial charge on any atom is 0.254 e. The van der Waals surface area contributed by atoms with E-state index in [1.54, 1.807) is 11.9 Å². The lowest BCUT2D eigenvalue weighted by Gasteiger charge is -2.36. The number of benzene rings is 1. The zero-order valence-corrected chi connectivity index (χ0v) is 16.7. The number of ether oxygens (including phenoxy) is 1. The van der Waals surface area contributed by atoms with Crippen LogP contribution in [0.2, 0.25) is 0 Å². The molecule has 1 aromatic rings. The lowest BCUT2D eigenvalue weighted by atomic mass is 9.96. The molecule has 3 atom stereocenters. The fourth-order valence-electron chi connectivity index (χ4n) is 4.07. The van der Waals surface area contributed by atoms with Crippen molar-refractivity contribution in [2.75, 3.05) is 26.7 Å². The minimum atomic E-state index is -0.737. The highest BCUT2D eigenvalue weighted by molar-refractivity contribution is 5.81. The van der Waals surface area contributed by atoms with Gasteiger partial charge in [0.1, 0.15) is 0 Å². The number of piperidine rings is 1. The maximum absolute atomic E-state index is 12.8. The van der Waals surface area contributed by atoms with Crippen LogP contribution in [-0.4, -0.2) is 65.8 Å². The van der Waals surface area contributed by atoms with Crippen molar-refractivity contribution in [2.45, 2.75) is 63.9 Å². The van der Waals surface area contributed by atoms with Gasteiger partial charge in [-0.15, -0.1) is 0 Å². The minimum Gasteiger partial charge on any atom is -0.390 e. The van der Waals surface area contributed by atoms with E-state index in [1.807, 2.05) is 30.3 Å². The number of likely N-dealkylation sites (tertiary alicyclic amines) is 1. The van der Waals surface area contributed by atoms with Crippen LogP contribution in [0.4, 0.5) is 0 Å². The monoisotopic (exact) mass is 374 g/mol. The zero-order chi connectivity index (χ0) is 19.2. The summed E-state index contributed by atoms with van der Waals surface area (Å²) in [6.45, 7) is 6.21. The average molecular weight is 375 g/mol. The first-order valence-electron chi connectivity index (χ1n) is 10.4. The van der Waals surface area contributed by atoms with E-state index >= 15 is 0 Å². The van der Waals surface area contributed by atoms with Crippen molar-refractivity contribution in [3.8, 4) is 0 Å². The van der Waals surface area contributed by atoms with Crippen LogP contribution in [0, 0.1) is 5.92 Å². The van der Waals surface area contributed by atoms with Gasteiger partial charge in [-0.25, -0.2) is 0 Å². The van der Waals surface area contributed by atoms with Crippen molar-refractivity contribution in [1.29, 1.82) is 0 Å². The van der Waals surface area contributed by atoms with Gasteiger partial charge in [-0.05, 0) is 56.7 Å². The molecule has 2 saturated heterocycles. The van der Waals surface area contributed by atoms with Gasteiger partial charge in [0.05, 0.1) is 12.2 Å². The summed E-state index contributed by atoms with van der Waals surface area (Å²) in [6, 6.07) is 9.91. The molecule has 0 radical (unpaired) electrons. The molecule has 2 heterocycles. The van der Waals surface area contributed by atoms with E-state index in [1.165, 1.54) is 25.9 Å². The second-order valence-corrected chi connectivity index (χ2v) is 8.32. The third-order valence-electron chi connectivity index (χ3n) is 6.00. The smallest absolute Gasteiger partial charge is 0.254 e. The summed E-state index contributed by atoms with van der Waals surface area (Å²) >= 11 is 0. The van der Waals surface area contributed by atoms with Gasteiger partial charge in [-0.2, -0.15) is 0 Å². The van der Waals surface area contributed by atoms with Crippen LogP contribution in [-0.2, 0) is 16.1 Å². The second-order valence-electron chi connectivity index (χ2n) is 8.32. The van der Waals surface area contributed by atoms with E-state index < -0.39 is 12.2 Å². The Labute approximate surface area is 163 Å². The number of nitrogens with zero attached hydrogens (tertiary/aromatic N) is 2. The molecular weight excluding hydrogens is 340 g/mol. The topological polar surface area (TPSA) is 53.0 Å². The summed E-state index contributed by atoms with van der Waals surface area (Å²) in [7, 11) is 1.78. The van der Waals surface area contributed by atoms with Crippen LogP contribution in [0.3, 0.4) is 0 Å². The molecule has 3 rings (SSSR count). The first-order valence-corrected chi connectivity index (χ1v) is 10.4. The SMILES string of the molecule is CC1CCN(CC[C@H]2CC[C@H](O)[C@@H](C(=O)N(C)Cc3ccccc3)O2)CC1. The molecule has 5 heteroatoms. The number of likely N-dealkylation sites (N-methyl/N-ethyl adjacent to an activating group) is 1. The number of hydrogen-bond acceptors (Lipinski definition) is 4. The van der Waals surface area contributed by atoms with Crippen molar-refractivity contribution in [1.82, 2.24) is 9.80 Å². The lowest BCUT2D eigenvalue weighted by molar-refractivity contribution is -0.168. The van der Waals surface area contributed by atoms with Crippen LogP contribution in [0.15, 0.2) is 30.3 Å². The van der Waals surface area contributed by atoms with Gasteiger partial charge in [-0.1, -0.05) is 37.3 Å².